The van der Waals surface area contributed by atoms with Crippen LogP contribution in [0.15, 0.2) is 443 Å². The number of allylic oxidation sites excluding steroid dienone is 2. The minimum absolute atomic E-state index is 0. The summed E-state index contributed by atoms with van der Waals surface area (Å²) in [5, 5.41) is 22.3. The van der Waals surface area contributed by atoms with Crippen molar-refractivity contribution in [1.82, 2.24) is 33.5 Å². The van der Waals surface area contributed by atoms with E-state index >= 15 is 0 Å². The van der Waals surface area contributed by atoms with E-state index in [0.717, 1.165) is 58.9 Å². The van der Waals surface area contributed by atoms with Gasteiger partial charge >= 0.3 is 0 Å². The number of aromatic nitrogens is 10. The summed E-state index contributed by atoms with van der Waals surface area (Å²) >= 11 is 0. The van der Waals surface area contributed by atoms with E-state index < -0.39 is 12.1 Å². The monoisotopic (exact) mass is 2270 g/mol. The summed E-state index contributed by atoms with van der Waals surface area (Å²) in [6.45, 7) is 20.1. The van der Waals surface area contributed by atoms with Gasteiger partial charge in [0, 0.05) is 121 Å². The van der Waals surface area contributed by atoms with Crippen LogP contribution in [0, 0.1) is 45.9 Å². The van der Waals surface area contributed by atoms with Crippen LogP contribution in [0.2, 0.25) is 0 Å². The number of pyridine rings is 5. The van der Waals surface area contributed by atoms with Crippen molar-refractivity contribution in [2.24, 2.45) is 0 Å². The van der Waals surface area contributed by atoms with Gasteiger partial charge in [-0.3, -0.25) is 9.20 Å². The largest absolute Gasteiger partial charge is 0.512 e. The SMILES string of the molecule is C.CC(=O)C=C(C)O.CC1(C)c2ccc[c-]c2-c2nccc3cccc1c23.CCc1cccc2c3cc(C)ccc3n3c(-c4c(C)cccc4C)cnc3c12.Cc1ccc(-c2[c-]cccc2)nc1.[2H]c1c([2H])c([2H])c2c(c1[2H])C[n+]1c([2H])c([2H])c([2H])c([2H])c1-2.[Ir].[Ir].[c-]1ccccc1-c1nccc2ccccc12.c1ccc2c(c1)C[n+]1c-2n(-c2cccc3ccccc23)c2ccccc21.c1ccc2c(c1)C[n+]1ccn(-c3cccc4ccccc34)c1-2. The standard InChI is InChI=1S/C26H24N2.C24H17N2.C20H15N2.C18H14N.C15H10N.2C12H10N.C5H8O2.CH4.2Ir/c1-5-19-10-7-11-20-21-14-16(2)12-13-22(21)28-23(15-27-26(28)25(19)20)24-17(3)8-6-9-18(24)4;1-3-11-19-17(8-1)10-7-15-21(19)26-23-14-6-5-13-22(23)25-16-18-9-2-4-12-20(18)24(25)26;1-3-9-17-15(6-1)8-5-11-19(17)22-13-12-21-14-16-7-2-4-10-18(16)20(21)22;1-18(2)14-8-4-3-7-13(14)17-16-12(10-11-19-17)6-5-9-15(16)18;1-2-7-13(8-3-1)15-14-9-5-4-6-12(14)10-11-16-15;1-2-6-11-10(5-1)9-13-8-4-3-7-12(11)13;1-10-7-8-12(13-9-10)11-5-3-2-4-6-11;1-4(6)3-5(2)7;;;/h6-15H,5H2,1-4H3;1-15H,16H2;1-13H,14H2;3-6,8-11H,1-2H3;1-7,9-11H;1-8H,9H2;2-5,7-9H,1H3;3,6H,1-2H3;1H4;;/q;2*+1;2*-1;+1;-1;;;;/i;;;;;1D,2D,3D,4D,5D,6D,7D,8D;;;;;. The van der Waals surface area contributed by atoms with Crippen molar-refractivity contribution < 1.29 is 74.8 Å². The summed E-state index contributed by atoms with van der Waals surface area (Å²) in [6, 6.07) is 129. The fourth-order valence-corrected chi connectivity index (χ4v) is 20.5. The van der Waals surface area contributed by atoms with Crippen LogP contribution in [0.3, 0.4) is 0 Å². The summed E-state index contributed by atoms with van der Waals surface area (Å²) in [5.74, 6) is 2.48. The molecule has 24 aromatic rings. The van der Waals surface area contributed by atoms with Crippen LogP contribution in [-0.2, 0) is 76.5 Å². The average molecular weight is 2270 g/mol. The van der Waals surface area contributed by atoms with Crippen molar-refractivity contribution in [2.45, 2.75) is 101 Å². The number of hydrogen-bond acceptors (Lipinski definition) is 6. The smallest absolute Gasteiger partial charge is 0.295 e. The van der Waals surface area contributed by atoms with Crippen molar-refractivity contribution in [3.63, 3.8) is 0 Å². The van der Waals surface area contributed by atoms with Gasteiger partial charge in [-0.05, 0) is 209 Å². The van der Waals surface area contributed by atoms with Crippen LogP contribution < -0.4 is 13.7 Å². The van der Waals surface area contributed by atoms with Gasteiger partial charge in [-0.2, -0.15) is 13.7 Å². The number of rotatable bonds is 7. The summed E-state index contributed by atoms with van der Waals surface area (Å²) in [4.78, 5) is 28.3. The second-order valence-corrected chi connectivity index (χ2v) is 36.9. The number of para-hydroxylation sites is 2. The Hall–Kier alpha value is -16.4. The maximum atomic E-state index is 10.0. The fourth-order valence-electron chi connectivity index (χ4n) is 20.5. The van der Waals surface area contributed by atoms with Gasteiger partial charge in [0.05, 0.1) is 49.5 Å². The van der Waals surface area contributed by atoms with Gasteiger partial charge in [0.1, 0.15) is 43.9 Å². The van der Waals surface area contributed by atoms with E-state index in [2.05, 4.69) is 383 Å². The first-order valence-electron chi connectivity index (χ1n) is 52.6. The number of aliphatic hydroxyl groups is 1. The normalized spacial score (nSPS) is 12.7. The van der Waals surface area contributed by atoms with Gasteiger partial charge in [-0.25, -0.2) is 14.1 Å². The van der Waals surface area contributed by atoms with E-state index in [0.29, 0.717) is 5.56 Å². The Morgan fingerprint density at radius 3 is 1.76 bits per heavy atom. The molecule has 0 saturated heterocycles. The predicted octanol–water partition coefficient (Wildman–Crippen LogP) is 30.4. The number of carbonyl (C=O) groups excluding carboxylic acids is 1. The van der Waals surface area contributed by atoms with E-state index in [1.807, 2.05) is 104 Å². The molecule has 4 aliphatic rings. The zero-order valence-electron chi connectivity index (χ0n) is 90.3. The molecule has 2 radical (unpaired) electrons. The van der Waals surface area contributed by atoms with Crippen LogP contribution in [0.25, 0.3) is 172 Å². The summed E-state index contributed by atoms with van der Waals surface area (Å²) in [6.07, 6.45) is 13.9. The molecular formula is C133H112Ir2N10O2. The minimum atomic E-state index is -0.411. The Balaban J connectivity index is 0.000000117. The first-order chi connectivity index (χ1) is 73.8. The number of ketones is 1. The molecule has 0 spiro atoms. The maximum absolute atomic E-state index is 10.0. The molecule has 16 aromatic carbocycles. The molecular weight excluding hydrogens is 2150 g/mol. The summed E-state index contributed by atoms with van der Waals surface area (Å²) in [5.41, 5.74) is 31.1. The van der Waals surface area contributed by atoms with E-state index in [9.17, 15) is 4.79 Å². The Morgan fingerprint density at radius 1 is 0.469 bits per heavy atom. The number of carbonyl (C=O) groups is 1. The molecule has 3 aliphatic heterocycles. The van der Waals surface area contributed by atoms with E-state index in [4.69, 9.17) is 21.1 Å². The molecule has 0 atom stereocenters. The topological polar surface area (TPSA) is 115 Å². The molecule has 12 nitrogen and oxygen atoms in total. The molecule has 0 fully saturated rings. The molecule has 14 heteroatoms. The first-order valence-corrected chi connectivity index (χ1v) is 48.6. The van der Waals surface area contributed by atoms with Gasteiger partial charge < -0.3 is 20.1 Å². The van der Waals surface area contributed by atoms with Crippen LogP contribution in [0.5, 0.6) is 0 Å². The van der Waals surface area contributed by atoms with E-state index in [-0.39, 0.29) is 119 Å². The third-order valence-corrected chi connectivity index (χ3v) is 27.1. The molecule has 724 valence electrons. The Kier molecular flexibility index (Phi) is 27.4. The minimum Gasteiger partial charge on any atom is -0.512 e. The number of fused-ring (bicyclic) bond motifs is 22. The van der Waals surface area contributed by atoms with Crippen molar-refractivity contribution in [1.29, 1.82) is 0 Å². The zero-order valence-corrected chi connectivity index (χ0v) is 87.1. The van der Waals surface area contributed by atoms with Gasteiger partial charge in [-0.15, -0.1) is 107 Å². The molecule has 1 aliphatic carbocycles. The van der Waals surface area contributed by atoms with E-state index in [1.165, 1.54) is 196 Å². The Morgan fingerprint density at radius 2 is 1.05 bits per heavy atom. The number of nitrogens with zero attached hydrogens (tertiary/aromatic N) is 10. The second kappa shape index (κ2) is 44.4. The van der Waals surface area contributed by atoms with Crippen molar-refractivity contribution in [3.05, 3.63) is 517 Å². The molecule has 8 aromatic heterocycles. The van der Waals surface area contributed by atoms with Crippen LogP contribution in [-0.4, -0.2) is 44.4 Å². The van der Waals surface area contributed by atoms with Crippen LogP contribution >= 0.6 is 0 Å². The third kappa shape index (κ3) is 20.1. The third-order valence-electron chi connectivity index (χ3n) is 27.1. The maximum Gasteiger partial charge on any atom is 0.295 e. The number of aryl methyl sites for hydroxylation is 5. The number of imidazole rings is 3. The first kappa shape index (κ1) is 90.6. The molecule has 0 amide bonds. The van der Waals surface area contributed by atoms with E-state index in [1.54, 1.807) is 0 Å². The molecule has 28 rings (SSSR count). The number of benzene rings is 16. The van der Waals surface area contributed by atoms with Gasteiger partial charge in [0.15, 0.2) is 29.5 Å². The molecule has 0 saturated carbocycles. The molecule has 0 bridgehead atoms. The predicted molar refractivity (Wildman–Crippen MR) is 595 cm³/mol. The van der Waals surface area contributed by atoms with Crippen LogP contribution in [0.1, 0.15) is 109 Å². The molecule has 0 unspecified atom stereocenters. The van der Waals surface area contributed by atoms with Crippen molar-refractivity contribution >= 4 is 87.2 Å². The van der Waals surface area contributed by atoms with Crippen LogP contribution in [0.4, 0.5) is 0 Å². The number of hydrogen-bond donors (Lipinski definition) is 1. The summed E-state index contributed by atoms with van der Waals surface area (Å²) in [7, 11) is 0. The summed E-state index contributed by atoms with van der Waals surface area (Å²) < 4.78 is 75.7. The Labute approximate surface area is 897 Å². The fraction of sp³-hybridized carbons (Fsp3) is 0.113. The van der Waals surface area contributed by atoms with Gasteiger partial charge in [-0.1, -0.05) is 270 Å². The average Bonchev–Trinajstić information content (AvgIpc) is 1.53. The Bertz CT molecular complexity index is 9430. The second-order valence-electron chi connectivity index (χ2n) is 36.9. The van der Waals surface area contributed by atoms with Gasteiger partial charge in [0.25, 0.3) is 11.6 Å². The molecule has 11 heterocycles. The number of aliphatic hydroxyl groups excluding tert-OH is 1. The van der Waals surface area contributed by atoms with Crippen molar-refractivity contribution in [3.8, 4) is 90.4 Å². The quantitative estimate of drug-likeness (QED) is 0.0559. The molecule has 1 N–H and O–H groups in total. The molecule has 147 heavy (non-hydrogen) atoms. The van der Waals surface area contributed by atoms with Crippen molar-refractivity contribution in [2.75, 3.05) is 0 Å². The zero-order chi connectivity index (χ0) is 105. The van der Waals surface area contributed by atoms with Gasteiger partial charge in [0.2, 0.25) is 5.69 Å².